The van der Waals surface area contributed by atoms with Gasteiger partial charge in [0.05, 0.1) is 11.9 Å². The summed E-state index contributed by atoms with van der Waals surface area (Å²) < 4.78 is 10.8. The van der Waals surface area contributed by atoms with Gasteiger partial charge in [-0.15, -0.1) is 10.2 Å². The zero-order valence-corrected chi connectivity index (χ0v) is 16.0. The Morgan fingerprint density at radius 3 is 2.52 bits per heavy atom. The number of thioether (sulfide) groups is 1. The second-order valence-electron chi connectivity index (χ2n) is 5.83. The van der Waals surface area contributed by atoms with E-state index in [0.717, 1.165) is 11.8 Å². The van der Waals surface area contributed by atoms with E-state index in [2.05, 4.69) is 10.2 Å². The van der Waals surface area contributed by atoms with Crippen LogP contribution in [0.25, 0.3) is 6.08 Å². The molecule has 0 saturated heterocycles. The van der Waals surface area contributed by atoms with Gasteiger partial charge in [-0.05, 0) is 52.7 Å². The third kappa shape index (κ3) is 5.69. The molecule has 8 nitrogen and oxygen atoms in total. The van der Waals surface area contributed by atoms with Crippen LogP contribution >= 0.6 is 11.8 Å². The van der Waals surface area contributed by atoms with Crippen LogP contribution in [-0.4, -0.2) is 22.1 Å². The zero-order chi connectivity index (χ0) is 20.8. The summed E-state index contributed by atoms with van der Waals surface area (Å²) in [5, 5.41) is 29.8. The molecule has 3 aromatic rings. The number of aromatic carboxylic acids is 1. The highest BCUT2D eigenvalue weighted by Crippen LogP contribution is 2.27. The molecule has 0 aliphatic rings. The molecule has 0 atom stereocenters. The van der Waals surface area contributed by atoms with Gasteiger partial charge in [0.25, 0.3) is 5.22 Å². The fraction of sp³-hybridized carbons (Fsp3) is 0.100. The normalized spacial score (nSPS) is 11.3. The lowest BCUT2D eigenvalue weighted by Crippen LogP contribution is -2.23. The lowest BCUT2D eigenvalue weighted by molar-refractivity contribution is -0.298. The number of carbonyl (C=O) groups is 2. The fourth-order valence-corrected chi connectivity index (χ4v) is 3.02. The van der Waals surface area contributed by atoms with Gasteiger partial charge in [-0.3, -0.25) is 0 Å². The Hall–Kier alpha value is -3.59. The van der Waals surface area contributed by atoms with Crippen LogP contribution in [0, 0.1) is 6.92 Å². The lowest BCUT2D eigenvalue weighted by atomic mass is 10.1. The van der Waals surface area contributed by atoms with Crippen molar-refractivity contribution in [2.75, 3.05) is 0 Å². The molecule has 1 aromatic heterocycles. The molecule has 9 heteroatoms. The predicted octanol–water partition coefficient (Wildman–Crippen LogP) is 1.20. The highest BCUT2D eigenvalue weighted by Gasteiger charge is 2.09. The minimum Gasteiger partial charge on any atom is -0.545 e. The second-order valence-corrected chi connectivity index (χ2v) is 6.82. The number of nitrogens with zero attached hydrogens (tertiary/aromatic N) is 2. The zero-order valence-electron chi connectivity index (χ0n) is 15.2. The quantitative estimate of drug-likeness (QED) is 0.397. The lowest BCUT2D eigenvalue weighted by Gasteiger charge is -2.09. The average Bonchev–Trinajstić information content (AvgIpc) is 3.12. The van der Waals surface area contributed by atoms with Gasteiger partial charge in [0.15, 0.2) is 0 Å². The third-order valence-electron chi connectivity index (χ3n) is 3.65. The summed E-state index contributed by atoms with van der Waals surface area (Å²) in [6.07, 6.45) is 1.42. The van der Waals surface area contributed by atoms with Crippen LogP contribution in [0.4, 0.5) is 0 Å². The van der Waals surface area contributed by atoms with Crippen LogP contribution in [0.2, 0.25) is 0 Å². The van der Waals surface area contributed by atoms with Crippen LogP contribution < -0.4 is 14.9 Å². The second kappa shape index (κ2) is 9.07. The largest absolute Gasteiger partial charge is 0.545 e. The number of hydrogen-bond donors (Lipinski definition) is 0. The van der Waals surface area contributed by atoms with E-state index in [1.54, 1.807) is 43.3 Å². The maximum Gasteiger partial charge on any atom is 0.281 e. The third-order valence-corrected chi connectivity index (χ3v) is 4.50. The Morgan fingerprint density at radius 2 is 1.90 bits per heavy atom. The summed E-state index contributed by atoms with van der Waals surface area (Å²) in [4.78, 5) is 22.2. The number of carboxylic acids is 2. The summed E-state index contributed by atoms with van der Waals surface area (Å²) in [5.41, 5.74) is 1.37. The minimum absolute atomic E-state index is 0.0790. The van der Waals surface area contributed by atoms with E-state index >= 15 is 0 Å². The van der Waals surface area contributed by atoms with Crippen LogP contribution in [0.5, 0.6) is 5.75 Å². The summed E-state index contributed by atoms with van der Waals surface area (Å²) in [6.45, 7) is 1.78. The van der Waals surface area contributed by atoms with Crippen molar-refractivity contribution < 1.29 is 29.0 Å². The molecule has 29 heavy (non-hydrogen) atoms. The molecule has 1 heterocycles. The number of aryl methyl sites for hydroxylation is 1. The highest BCUT2D eigenvalue weighted by molar-refractivity contribution is 8.03. The standard InChI is InChI=1S/C20H16N2O6S/c1-12-21-22-20(28-12)29-17(19(25)26)10-13-5-7-16(8-6-13)27-11-14-3-2-4-15(9-14)18(23)24/h2-10H,11H2,1H3,(H,23,24)(H,25,26)/p-2/b17-10-. The molecule has 148 valence electrons. The van der Waals surface area contributed by atoms with E-state index in [9.17, 15) is 19.8 Å². The summed E-state index contributed by atoms with van der Waals surface area (Å²) in [7, 11) is 0. The molecular weight excluding hydrogens is 396 g/mol. The van der Waals surface area contributed by atoms with Crippen molar-refractivity contribution in [3.63, 3.8) is 0 Å². The molecule has 2 aromatic carbocycles. The number of aromatic nitrogens is 2. The van der Waals surface area contributed by atoms with Gasteiger partial charge >= 0.3 is 0 Å². The fourth-order valence-electron chi connectivity index (χ4n) is 2.31. The molecule has 3 rings (SSSR count). The van der Waals surface area contributed by atoms with E-state index in [4.69, 9.17) is 9.15 Å². The molecule has 0 amide bonds. The first-order valence-electron chi connectivity index (χ1n) is 8.35. The SMILES string of the molecule is Cc1nnc(S/C(=C\c2ccc(OCc3cccc(C(=O)[O-])c3)cc2)C(=O)[O-])o1. The monoisotopic (exact) mass is 410 g/mol. The summed E-state index contributed by atoms with van der Waals surface area (Å²) in [5.74, 6) is -1.74. The number of rotatable bonds is 8. The maximum atomic E-state index is 11.4. The average molecular weight is 410 g/mol. The summed E-state index contributed by atoms with van der Waals surface area (Å²) in [6, 6.07) is 13.0. The Labute approximate surface area is 169 Å². The Kier molecular flexibility index (Phi) is 6.30. The number of aliphatic carboxylic acids is 1. The van der Waals surface area contributed by atoms with Crippen LogP contribution in [0.1, 0.15) is 27.4 Å². The van der Waals surface area contributed by atoms with Crippen LogP contribution in [0.15, 0.2) is 63.1 Å². The molecule has 0 fully saturated rings. The van der Waals surface area contributed by atoms with E-state index in [1.807, 2.05) is 0 Å². The van der Waals surface area contributed by atoms with Crippen molar-refractivity contribution in [1.82, 2.24) is 10.2 Å². The first-order chi connectivity index (χ1) is 13.9. The molecule has 0 aliphatic carbocycles. The molecule has 0 saturated carbocycles. The van der Waals surface area contributed by atoms with E-state index < -0.39 is 11.9 Å². The maximum absolute atomic E-state index is 11.4. The predicted molar refractivity (Wildman–Crippen MR) is 99.4 cm³/mol. The van der Waals surface area contributed by atoms with Gasteiger partial charge in [0.1, 0.15) is 12.4 Å². The Morgan fingerprint density at radius 1 is 1.14 bits per heavy atom. The molecule has 0 bridgehead atoms. The van der Waals surface area contributed by atoms with Crippen molar-refractivity contribution in [2.24, 2.45) is 0 Å². The van der Waals surface area contributed by atoms with Crippen LogP contribution in [0.3, 0.4) is 0 Å². The smallest absolute Gasteiger partial charge is 0.281 e. The van der Waals surface area contributed by atoms with Gasteiger partial charge in [0, 0.05) is 11.8 Å². The van der Waals surface area contributed by atoms with Gasteiger partial charge < -0.3 is 29.0 Å². The number of hydrogen-bond acceptors (Lipinski definition) is 9. The number of ether oxygens (including phenoxy) is 1. The van der Waals surface area contributed by atoms with Crippen molar-refractivity contribution in [3.05, 3.63) is 76.0 Å². The van der Waals surface area contributed by atoms with Crippen LogP contribution in [-0.2, 0) is 11.4 Å². The molecule has 0 N–H and O–H groups in total. The number of carbonyl (C=O) groups excluding carboxylic acids is 2. The van der Waals surface area contributed by atoms with E-state index in [1.165, 1.54) is 18.2 Å². The topological polar surface area (TPSA) is 128 Å². The van der Waals surface area contributed by atoms with Gasteiger partial charge in [-0.1, -0.05) is 30.3 Å². The first kappa shape index (κ1) is 20.2. The van der Waals surface area contributed by atoms with Gasteiger partial charge in [-0.25, -0.2) is 0 Å². The minimum atomic E-state index is -1.36. The van der Waals surface area contributed by atoms with Crippen molar-refractivity contribution in [3.8, 4) is 5.75 Å². The van der Waals surface area contributed by atoms with Gasteiger partial charge in [-0.2, -0.15) is 0 Å². The molecule has 0 unspecified atom stereocenters. The van der Waals surface area contributed by atoms with Gasteiger partial charge in [0.2, 0.25) is 5.89 Å². The molecule has 0 radical (unpaired) electrons. The Bertz CT molecular complexity index is 1060. The Balaban J connectivity index is 1.67. The van der Waals surface area contributed by atoms with Crippen molar-refractivity contribution in [1.29, 1.82) is 0 Å². The van der Waals surface area contributed by atoms with Crippen molar-refractivity contribution >= 4 is 29.8 Å². The summed E-state index contributed by atoms with van der Waals surface area (Å²) >= 11 is 0.802. The molecule has 0 spiro atoms. The highest BCUT2D eigenvalue weighted by atomic mass is 32.2. The van der Waals surface area contributed by atoms with Crippen molar-refractivity contribution in [2.45, 2.75) is 18.8 Å². The number of benzene rings is 2. The first-order valence-corrected chi connectivity index (χ1v) is 9.16. The molecule has 0 aliphatic heterocycles. The number of carboxylic acid groups (broad SMARTS) is 2. The van der Waals surface area contributed by atoms with E-state index in [-0.39, 0.29) is 22.3 Å². The van der Waals surface area contributed by atoms with E-state index in [0.29, 0.717) is 22.8 Å². The molecular formula is C20H14N2O6S-2.